The molecule has 0 spiro atoms. The summed E-state index contributed by atoms with van der Waals surface area (Å²) in [6.07, 6.45) is 0.508. The summed E-state index contributed by atoms with van der Waals surface area (Å²) in [4.78, 5) is 1.78. The van der Waals surface area contributed by atoms with Gasteiger partial charge in [-0.05, 0) is 25.5 Å². The molecule has 1 unspecified atom stereocenters. The van der Waals surface area contributed by atoms with Crippen LogP contribution in [-0.4, -0.2) is 30.8 Å². The minimum atomic E-state index is -0.889. The summed E-state index contributed by atoms with van der Waals surface area (Å²) < 4.78 is 13.4. The largest absolute Gasteiger partial charge is 0.389 e. The van der Waals surface area contributed by atoms with Crippen molar-refractivity contribution >= 4 is 5.69 Å². The van der Waals surface area contributed by atoms with Crippen molar-refractivity contribution in [2.75, 3.05) is 25.0 Å². The van der Waals surface area contributed by atoms with Gasteiger partial charge in [-0.3, -0.25) is 0 Å². The molecule has 0 aromatic heterocycles. The van der Waals surface area contributed by atoms with Crippen molar-refractivity contribution < 1.29 is 9.50 Å². The molecule has 0 radical (unpaired) electrons. The van der Waals surface area contributed by atoms with E-state index in [0.717, 1.165) is 0 Å². The van der Waals surface area contributed by atoms with Crippen molar-refractivity contribution in [3.05, 3.63) is 30.1 Å². The topological polar surface area (TPSA) is 49.5 Å². The van der Waals surface area contributed by atoms with Gasteiger partial charge in [0.2, 0.25) is 0 Å². The van der Waals surface area contributed by atoms with Gasteiger partial charge in [0.15, 0.2) is 0 Å². The highest BCUT2D eigenvalue weighted by Crippen LogP contribution is 2.18. The summed E-state index contributed by atoms with van der Waals surface area (Å²) in [5, 5.41) is 9.74. The molecule has 0 aliphatic heterocycles. The number of anilines is 1. The van der Waals surface area contributed by atoms with Crippen LogP contribution in [0.2, 0.25) is 0 Å². The number of benzene rings is 1. The second kappa shape index (κ2) is 5.27. The first-order chi connectivity index (χ1) is 7.46. The van der Waals surface area contributed by atoms with E-state index in [1.807, 2.05) is 0 Å². The van der Waals surface area contributed by atoms with Crippen LogP contribution >= 0.6 is 0 Å². The van der Waals surface area contributed by atoms with E-state index in [-0.39, 0.29) is 12.4 Å². The van der Waals surface area contributed by atoms with Crippen LogP contribution in [-0.2, 0) is 0 Å². The van der Waals surface area contributed by atoms with E-state index in [0.29, 0.717) is 18.7 Å². The summed E-state index contributed by atoms with van der Waals surface area (Å²) in [6, 6.07) is 6.58. The molecule has 0 fully saturated rings. The lowest BCUT2D eigenvalue weighted by Crippen LogP contribution is -2.38. The first-order valence-electron chi connectivity index (χ1n) is 5.34. The lowest BCUT2D eigenvalue weighted by atomic mass is 10.0. The van der Waals surface area contributed by atoms with Gasteiger partial charge in [-0.25, -0.2) is 4.39 Å². The number of hydrogen-bond acceptors (Lipinski definition) is 3. The molecule has 0 saturated carbocycles. The Hall–Kier alpha value is -1.13. The smallest absolute Gasteiger partial charge is 0.146 e. The molecule has 1 rings (SSSR count). The summed E-state index contributed by atoms with van der Waals surface area (Å²) >= 11 is 0. The van der Waals surface area contributed by atoms with Crippen molar-refractivity contribution in [2.24, 2.45) is 5.73 Å². The van der Waals surface area contributed by atoms with E-state index in [9.17, 15) is 9.50 Å². The van der Waals surface area contributed by atoms with Crippen molar-refractivity contribution in [3.8, 4) is 0 Å². The molecule has 1 aromatic carbocycles. The van der Waals surface area contributed by atoms with E-state index in [4.69, 9.17) is 5.73 Å². The third kappa shape index (κ3) is 3.47. The predicted molar refractivity (Wildman–Crippen MR) is 64.0 cm³/mol. The molecule has 0 bridgehead atoms. The molecule has 0 heterocycles. The summed E-state index contributed by atoms with van der Waals surface area (Å²) in [5.74, 6) is -0.252. The van der Waals surface area contributed by atoms with Crippen LogP contribution in [0.3, 0.4) is 0 Å². The fourth-order valence-corrected chi connectivity index (χ4v) is 1.39. The quantitative estimate of drug-likeness (QED) is 0.797. The molecule has 1 aromatic rings. The lowest BCUT2D eigenvalue weighted by Gasteiger charge is -2.26. The minimum Gasteiger partial charge on any atom is -0.389 e. The average Bonchev–Trinajstić information content (AvgIpc) is 2.27. The number of aliphatic hydroxyl groups is 1. The molecule has 0 aliphatic rings. The van der Waals surface area contributed by atoms with Crippen molar-refractivity contribution in [1.82, 2.24) is 0 Å². The maximum Gasteiger partial charge on any atom is 0.146 e. The molecule has 1 atom stereocenters. The zero-order valence-electron chi connectivity index (χ0n) is 9.78. The molecule has 4 heteroatoms. The Morgan fingerprint density at radius 3 is 2.62 bits per heavy atom. The molecule has 3 nitrogen and oxygen atoms in total. The van der Waals surface area contributed by atoms with Gasteiger partial charge < -0.3 is 15.7 Å². The third-order valence-corrected chi connectivity index (χ3v) is 2.69. The Kier molecular flexibility index (Phi) is 4.26. The molecule has 16 heavy (non-hydrogen) atoms. The van der Waals surface area contributed by atoms with Crippen LogP contribution in [0.15, 0.2) is 24.3 Å². The Labute approximate surface area is 95.7 Å². The highest BCUT2D eigenvalue weighted by molar-refractivity contribution is 5.46. The number of rotatable bonds is 5. The first-order valence-corrected chi connectivity index (χ1v) is 5.34. The highest BCUT2D eigenvalue weighted by Gasteiger charge is 2.19. The van der Waals surface area contributed by atoms with Crippen LogP contribution in [0.1, 0.15) is 13.3 Å². The summed E-state index contributed by atoms with van der Waals surface area (Å²) in [6.45, 7) is 2.45. The van der Waals surface area contributed by atoms with Gasteiger partial charge in [0, 0.05) is 20.1 Å². The second-order valence-electron chi connectivity index (χ2n) is 4.32. The van der Waals surface area contributed by atoms with E-state index >= 15 is 0 Å². The average molecular weight is 226 g/mol. The SMILES string of the molecule is CN(CCC(C)(O)CN)c1ccccc1F. The van der Waals surface area contributed by atoms with Crippen molar-refractivity contribution in [2.45, 2.75) is 18.9 Å². The van der Waals surface area contributed by atoms with Crippen LogP contribution in [0.25, 0.3) is 0 Å². The molecule has 0 amide bonds. The fourth-order valence-electron chi connectivity index (χ4n) is 1.39. The van der Waals surface area contributed by atoms with Gasteiger partial charge in [-0.1, -0.05) is 12.1 Å². The number of nitrogens with two attached hydrogens (primary N) is 1. The molecule has 0 saturated heterocycles. The molecular formula is C12H19FN2O. The third-order valence-electron chi connectivity index (χ3n) is 2.69. The van der Waals surface area contributed by atoms with Gasteiger partial charge >= 0.3 is 0 Å². The summed E-state index contributed by atoms with van der Waals surface area (Å²) in [7, 11) is 1.80. The van der Waals surface area contributed by atoms with Crippen molar-refractivity contribution in [1.29, 1.82) is 0 Å². The molecular weight excluding hydrogens is 207 g/mol. The molecule has 0 aliphatic carbocycles. The van der Waals surface area contributed by atoms with E-state index in [1.54, 1.807) is 37.1 Å². The number of nitrogens with zero attached hydrogens (tertiary/aromatic N) is 1. The fraction of sp³-hybridized carbons (Fsp3) is 0.500. The standard InChI is InChI=1S/C12H19FN2O/c1-12(16,9-14)7-8-15(2)11-6-4-3-5-10(11)13/h3-6,16H,7-9,14H2,1-2H3. The van der Waals surface area contributed by atoms with Gasteiger partial charge in [-0.15, -0.1) is 0 Å². The van der Waals surface area contributed by atoms with Crippen molar-refractivity contribution in [3.63, 3.8) is 0 Å². The predicted octanol–water partition coefficient (Wildman–Crippen LogP) is 1.36. The van der Waals surface area contributed by atoms with Gasteiger partial charge in [0.25, 0.3) is 0 Å². The monoisotopic (exact) mass is 226 g/mol. The lowest BCUT2D eigenvalue weighted by molar-refractivity contribution is 0.0622. The van der Waals surface area contributed by atoms with Crippen LogP contribution in [0, 0.1) is 5.82 Å². The summed E-state index contributed by atoms with van der Waals surface area (Å²) in [5.41, 5.74) is 5.07. The molecule has 90 valence electrons. The Balaban J connectivity index is 2.60. The van der Waals surface area contributed by atoms with E-state index in [2.05, 4.69) is 0 Å². The van der Waals surface area contributed by atoms with E-state index < -0.39 is 5.60 Å². The second-order valence-corrected chi connectivity index (χ2v) is 4.32. The Morgan fingerprint density at radius 1 is 1.44 bits per heavy atom. The van der Waals surface area contributed by atoms with Crippen LogP contribution in [0.4, 0.5) is 10.1 Å². The van der Waals surface area contributed by atoms with Crippen LogP contribution < -0.4 is 10.6 Å². The highest BCUT2D eigenvalue weighted by atomic mass is 19.1. The number of hydrogen-bond donors (Lipinski definition) is 2. The van der Waals surface area contributed by atoms with Crippen LogP contribution in [0.5, 0.6) is 0 Å². The van der Waals surface area contributed by atoms with Gasteiger partial charge in [0.1, 0.15) is 5.82 Å². The normalized spacial score (nSPS) is 14.6. The Morgan fingerprint density at radius 2 is 2.06 bits per heavy atom. The van der Waals surface area contributed by atoms with E-state index in [1.165, 1.54) is 6.07 Å². The maximum atomic E-state index is 13.4. The van der Waals surface area contributed by atoms with Gasteiger partial charge in [0.05, 0.1) is 11.3 Å². The number of para-hydroxylation sites is 1. The maximum absolute atomic E-state index is 13.4. The first kappa shape index (κ1) is 12.9. The minimum absolute atomic E-state index is 0.206. The number of halogens is 1. The molecule has 3 N–H and O–H groups in total. The zero-order valence-corrected chi connectivity index (χ0v) is 9.78. The zero-order chi connectivity index (χ0) is 12.2. The van der Waals surface area contributed by atoms with Gasteiger partial charge in [-0.2, -0.15) is 0 Å². The Bertz CT molecular complexity index is 342.